The first-order chi connectivity index (χ1) is 8.39. The molecule has 0 bridgehead atoms. The molecule has 1 aliphatic rings. The number of aryl methyl sites for hydroxylation is 1. The van der Waals surface area contributed by atoms with Crippen molar-refractivity contribution in [3.05, 3.63) is 42.0 Å². The van der Waals surface area contributed by atoms with Crippen LogP contribution in [0.25, 0.3) is 0 Å². The summed E-state index contributed by atoms with van der Waals surface area (Å²) in [5, 5.41) is 8.86. The van der Waals surface area contributed by atoms with Crippen LogP contribution in [0.4, 0.5) is 0 Å². The second-order valence-corrected chi connectivity index (χ2v) is 5.65. The van der Waals surface area contributed by atoms with Crippen molar-refractivity contribution in [3.8, 4) is 0 Å². The van der Waals surface area contributed by atoms with Gasteiger partial charge in [0.05, 0.1) is 11.0 Å². The zero-order valence-electron chi connectivity index (χ0n) is 10.3. The van der Waals surface area contributed by atoms with E-state index in [-0.39, 0.29) is 11.0 Å². The van der Waals surface area contributed by atoms with Crippen LogP contribution in [-0.2, 0) is 10.1 Å². The van der Waals surface area contributed by atoms with Crippen LogP contribution in [0.3, 0.4) is 0 Å². The maximum Gasteiger partial charge on any atom is 0.294 e. The van der Waals surface area contributed by atoms with Crippen molar-refractivity contribution >= 4 is 10.1 Å². The molecule has 2 rings (SSSR count). The minimum Gasteiger partial charge on any atom is -0.393 e. The van der Waals surface area contributed by atoms with E-state index in [1.165, 1.54) is 12.1 Å². The average Bonchev–Trinajstić information content (AvgIpc) is 2.30. The number of hydrogen-bond donors (Lipinski definition) is 2. The van der Waals surface area contributed by atoms with E-state index in [1.54, 1.807) is 12.1 Å². The third-order valence-electron chi connectivity index (χ3n) is 2.56. The van der Waals surface area contributed by atoms with E-state index in [0.717, 1.165) is 24.8 Å². The maximum absolute atomic E-state index is 10.5. The molecular formula is C13H18O4S. The first kappa shape index (κ1) is 14.9. The van der Waals surface area contributed by atoms with Gasteiger partial charge in [-0.05, 0) is 38.3 Å². The SMILES string of the molecule is Cc1ccc(S(=O)(=O)O)cc1.OC1CC=CCC1. The highest BCUT2D eigenvalue weighted by Crippen LogP contribution is 2.09. The molecule has 0 heterocycles. The monoisotopic (exact) mass is 270 g/mol. The molecule has 0 aromatic heterocycles. The van der Waals surface area contributed by atoms with Gasteiger partial charge in [-0.2, -0.15) is 8.42 Å². The summed E-state index contributed by atoms with van der Waals surface area (Å²) in [5.41, 5.74) is 0.956. The fourth-order valence-corrected chi connectivity index (χ4v) is 1.97. The Kier molecular flexibility index (Phi) is 5.53. The van der Waals surface area contributed by atoms with Gasteiger partial charge in [-0.25, -0.2) is 0 Å². The standard InChI is InChI=1S/C7H8O3S.C6H10O/c1-6-2-4-7(5-3-6)11(8,9)10;7-6-4-2-1-3-5-6/h2-5H,1H3,(H,8,9,10);1-2,6-7H,3-5H2. The zero-order valence-corrected chi connectivity index (χ0v) is 11.1. The van der Waals surface area contributed by atoms with E-state index in [2.05, 4.69) is 6.08 Å². The molecule has 0 saturated carbocycles. The Balaban J connectivity index is 0.000000199. The topological polar surface area (TPSA) is 74.6 Å². The highest BCUT2D eigenvalue weighted by Gasteiger charge is 2.06. The lowest BCUT2D eigenvalue weighted by Crippen LogP contribution is -2.06. The molecular weight excluding hydrogens is 252 g/mol. The Hall–Kier alpha value is -1.17. The Morgan fingerprint density at radius 3 is 2.11 bits per heavy atom. The molecule has 5 heteroatoms. The normalized spacial score (nSPS) is 18.9. The first-order valence-electron chi connectivity index (χ1n) is 5.77. The van der Waals surface area contributed by atoms with Crippen molar-refractivity contribution in [2.75, 3.05) is 0 Å². The van der Waals surface area contributed by atoms with Crippen LogP contribution in [0.5, 0.6) is 0 Å². The Morgan fingerprint density at radius 1 is 1.17 bits per heavy atom. The molecule has 100 valence electrons. The highest BCUT2D eigenvalue weighted by atomic mass is 32.2. The van der Waals surface area contributed by atoms with Gasteiger partial charge in [0.2, 0.25) is 0 Å². The van der Waals surface area contributed by atoms with Crippen LogP contribution < -0.4 is 0 Å². The Labute approximate surface area is 108 Å². The molecule has 2 N–H and O–H groups in total. The van der Waals surface area contributed by atoms with Crippen molar-refractivity contribution < 1.29 is 18.1 Å². The van der Waals surface area contributed by atoms with E-state index >= 15 is 0 Å². The fourth-order valence-electron chi connectivity index (χ4n) is 1.49. The van der Waals surface area contributed by atoms with Crippen molar-refractivity contribution in [1.82, 2.24) is 0 Å². The van der Waals surface area contributed by atoms with E-state index in [1.807, 2.05) is 13.0 Å². The third-order valence-corrected chi connectivity index (χ3v) is 3.43. The van der Waals surface area contributed by atoms with Gasteiger partial charge >= 0.3 is 0 Å². The minimum atomic E-state index is -4.02. The van der Waals surface area contributed by atoms with Gasteiger partial charge in [-0.15, -0.1) is 0 Å². The number of aliphatic hydroxyl groups is 1. The molecule has 0 amide bonds. The van der Waals surface area contributed by atoms with Crippen LogP contribution in [-0.4, -0.2) is 24.2 Å². The highest BCUT2D eigenvalue weighted by molar-refractivity contribution is 7.85. The van der Waals surface area contributed by atoms with Crippen LogP contribution in [0.15, 0.2) is 41.3 Å². The molecule has 1 atom stereocenters. The molecule has 1 aromatic rings. The van der Waals surface area contributed by atoms with Gasteiger partial charge < -0.3 is 5.11 Å². The van der Waals surface area contributed by atoms with E-state index in [9.17, 15) is 8.42 Å². The molecule has 0 radical (unpaired) electrons. The third kappa shape index (κ3) is 5.44. The summed E-state index contributed by atoms with van der Waals surface area (Å²) in [6, 6.07) is 5.99. The fraction of sp³-hybridized carbons (Fsp3) is 0.385. The van der Waals surface area contributed by atoms with Crippen LogP contribution in [0.1, 0.15) is 24.8 Å². The number of aliphatic hydroxyl groups excluding tert-OH is 1. The molecule has 1 aromatic carbocycles. The average molecular weight is 270 g/mol. The molecule has 1 aliphatic carbocycles. The van der Waals surface area contributed by atoms with Crippen LogP contribution in [0, 0.1) is 6.92 Å². The zero-order chi connectivity index (χ0) is 13.6. The maximum atomic E-state index is 10.5. The van der Waals surface area contributed by atoms with E-state index in [4.69, 9.17) is 9.66 Å². The molecule has 4 nitrogen and oxygen atoms in total. The van der Waals surface area contributed by atoms with Crippen molar-refractivity contribution in [2.24, 2.45) is 0 Å². The molecule has 0 spiro atoms. The molecule has 0 saturated heterocycles. The van der Waals surface area contributed by atoms with E-state index in [0.29, 0.717) is 0 Å². The molecule has 0 aliphatic heterocycles. The number of hydrogen-bond acceptors (Lipinski definition) is 3. The number of allylic oxidation sites excluding steroid dienone is 1. The smallest absolute Gasteiger partial charge is 0.294 e. The van der Waals surface area contributed by atoms with Crippen LogP contribution in [0.2, 0.25) is 0 Å². The summed E-state index contributed by atoms with van der Waals surface area (Å²) in [7, 11) is -4.02. The van der Waals surface area contributed by atoms with Gasteiger partial charge in [0, 0.05) is 0 Å². The van der Waals surface area contributed by atoms with Crippen molar-refractivity contribution in [3.63, 3.8) is 0 Å². The summed E-state index contributed by atoms with van der Waals surface area (Å²) in [6.45, 7) is 1.84. The predicted octanol–water partition coefficient (Wildman–Crippen LogP) is 2.33. The second kappa shape index (κ2) is 6.68. The molecule has 0 fully saturated rings. The summed E-state index contributed by atoms with van der Waals surface area (Å²) in [4.78, 5) is -0.0666. The lowest BCUT2D eigenvalue weighted by Gasteiger charge is -2.08. The number of rotatable bonds is 1. The Bertz CT molecular complexity index is 488. The van der Waals surface area contributed by atoms with E-state index < -0.39 is 10.1 Å². The summed E-state index contributed by atoms with van der Waals surface area (Å²) >= 11 is 0. The summed E-state index contributed by atoms with van der Waals surface area (Å²) in [6.07, 6.45) is 6.98. The van der Waals surface area contributed by atoms with Gasteiger partial charge in [0.1, 0.15) is 0 Å². The molecule has 18 heavy (non-hydrogen) atoms. The lowest BCUT2D eigenvalue weighted by molar-refractivity contribution is 0.164. The van der Waals surface area contributed by atoms with Gasteiger partial charge in [0.25, 0.3) is 10.1 Å². The first-order valence-corrected chi connectivity index (χ1v) is 7.21. The predicted molar refractivity (Wildman–Crippen MR) is 70.0 cm³/mol. The summed E-state index contributed by atoms with van der Waals surface area (Å²) < 4.78 is 29.6. The van der Waals surface area contributed by atoms with Gasteiger partial charge in [-0.3, -0.25) is 4.55 Å². The lowest BCUT2D eigenvalue weighted by atomic mass is 10.1. The summed E-state index contributed by atoms with van der Waals surface area (Å²) in [5.74, 6) is 0. The van der Waals surface area contributed by atoms with Gasteiger partial charge in [-0.1, -0.05) is 29.8 Å². The largest absolute Gasteiger partial charge is 0.393 e. The number of benzene rings is 1. The Morgan fingerprint density at radius 2 is 1.78 bits per heavy atom. The van der Waals surface area contributed by atoms with Gasteiger partial charge in [0.15, 0.2) is 0 Å². The van der Waals surface area contributed by atoms with Crippen LogP contribution >= 0.6 is 0 Å². The quantitative estimate of drug-likeness (QED) is 0.606. The molecule has 1 unspecified atom stereocenters. The van der Waals surface area contributed by atoms with Crippen molar-refractivity contribution in [1.29, 1.82) is 0 Å². The minimum absolute atomic E-state index is 0.0509. The van der Waals surface area contributed by atoms with Crippen molar-refractivity contribution in [2.45, 2.75) is 37.2 Å². The second-order valence-electron chi connectivity index (χ2n) is 4.23.